The Morgan fingerprint density at radius 1 is 0.850 bits per heavy atom. The molecule has 0 aromatic heterocycles. The van der Waals surface area contributed by atoms with E-state index in [9.17, 15) is 14.7 Å². The van der Waals surface area contributed by atoms with Crippen LogP contribution in [-0.2, 0) is 4.74 Å². The lowest BCUT2D eigenvalue weighted by Gasteiger charge is -2.38. The Morgan fingerprint density at radius 3 is 1.95 bits per heavy atom. The highest BCUT2D eigenvalue weighted by atomic mass is 35.5. The summed E-state index contributed by atoms with van der Waals surface area (Å²) in [6.45, 7) is 12.5. The van der Waals surface area contributed by atoms with E-state index in [1.54, 1.807) is 0 Å². The molecule has 1 atom stereocenters. The normalized spacial score (nSPS) is 23.1. The maximum Gasteiger partial charge on any atom is 0.261 e. The number of nitrogens with zero attached hydrogens (tertiary/aromatic N) is 3. The van der Waals surface area contributed by atoms with Crippen molar-refractivity contribution < 1.29 is 44.2 Å². The summed E-state index contributed by atoms with van der Waals surface area (Å²) in [7, 11) is 0. The molecule has 1 unspecified atom stereocenters. The van der Waals surface area contributed by atoms with Gasteiger partial charge in [0.25, 0.3) is 11.8 Å². The van der Waals surface area contributed by atoms with Crippen LogP contribution in [0, 0.1) is 11.3 Å². The fourth-order valence-corrected chi connectivity index (χ4v) is 6.41. The molecule has 9 heteroatoms. The van der Waals surface area contributed by atoms with E-state index in [0.717, 1.165) is 55.7 Å². The summed E-state index contributed by atoms with van der Waals surface area (Å²) in [5.74, 6) is 0.362. The van der Waals surface area contributed by atoms with Crippen LogP contribution in [0.4, 0.5) is 0 Å². The van der Waals surface area contributed by atoms with Gasteiger partial charge in [0, 0.05) is 62.3 Å². The number of carbonyl (C=O) groups is 2. The average Bonchev–Trinajstić information content (AvgIpc) is 2.91. The summed E-state index contributed by atoms with van der Waals surface area (Å²) >= 11 is 0. The van der Waals surface area contributed by atoms with Crippen LogP contribution in [0.5, 0.6) is 0 Å². The van der Waals surface area contributed by atoms with Crippen molar-refractivity contribution in [1.82, 2.24) is 14.7 Å². The molecular formula is C31H43Cl2N3O4-2. The largest absolute Gasteiger partial charge is 1.00 e. The van der Waals surface area contributed by atoms with E-state index in [4.69, 9.17) is 4.74 Å². The molecule has 1 N–H and O–H groups in total. The Morgan fingerprint density at radius 2 is 1.40 bits per heavy atom. The van der Waals surface area contributed by atoms with Gasteiger partial charge >= 0.3 is 0 Å². The molecule has 1 aliphatic carbocycles. The van der Waals surface area contributed by atoms with Gasteiger partial charge in [0.05, 0.1) is 18.8 Å². The lowest BCUT2D eigenvalue weighted by molar-refractivity contribution is -0.0471. The first-order chi connectivity index (χ1) is 18.2. The number of ether oxygens (including phenoxy) is 1. The van der Waals surface area contributed by atoms with Crippen molar-refractivity contribution in [3.63, 3.8) is 0 Å². The van der Waals surface area contributed by atoms with Crippen molar-refractivity contribution in [3.8, 4) is 0 Å². The van der Waals surface area contributed by atoms with Gasteiger partial charge in [-0.25, -0.2) is 0 Å². The van der Waals surface area contributed by atoms with E-state index in [-0.39, 0.29) is 42.7 Å². The van der Waals surface area contributed by atoms with Gasteiger partial charge in [-0.3, -0.25) is 24.3 Å². The molecule has 0 spiro atoms. The number of piperazine rings is 1. The standard InChI is InChI=1S/C31H43N3O4.2ClH/c1-31(2,3)23-10-12-25(13-11-23)38-21-24(35)20-33-16-14-32(15-17-33)18-19-34-29(36)26-8-4-6-22-7-5-9-27(28(22)26)30(34)37;;/h4-9,23-25,35H,10-21H2,1-3H3;2*1H/p-2. The number of hydrogen-bond acceptors (Lipinski definition) is 6. The number of β-amino-alcohol motifs (C(OH)–C–C–N with tert-alkyl or cyclic N) is 1. The Hall–Kier alpha value is -1.74. The molecule has 1 saturated heterocycles. The van der Waals surface area contributed by atoms with Crippen LogP contribution < -0.4 is 24.8 Å². The predicted molar refractivity (Wildman–Crippen MR) is 149 cm³/mol. The summed E-state index contributed by atoms with van der Waals surface area (Å²) in [6, 6.07) is 11.3. The highest BCUT2D eigenvalue weighted by Crippen LogP contribution is 2.38. The summed E-state index contributed by atoms with van der Waals surface area (Å²) in [5, 5.41) is 12.3. The second-order valence-corrected chi connectivity index (χ2v) is 12.4. The van der Waals surface area contributed by atoms with Gasteiger partial charge in [-0.15, -0.1) is 0 Å². The zero-order chi connectivity index (χ0) is 26.9. The van der Waals surface area contributed by atoms with Gasteiger partial charge in [0.2, 0.25) is 0 Å². The van der Waals surface area contributed by atoms with Crippen molar-refractivity contribution in [2.45, 2.75) is 58.7 Å². The van der Waals surface area contributed by atoms with E-state index in [0.29, 0.717) is 42.8 Å². The third-order valence-electron chi connectivity index (χ3n) is 8.85. The summed E-state index contributed by atoms with van der Waals surface area (Å²) in [5.41, 5.74) is 1.59. The van der Waals surface area contributed by atoms with Crippen molar-refractivity contribution >= 4 is 22.6 Å². The number of imide groups is 1. The smallest absolute Gasteiger partial charge is 0.261 e. The van der Waals surface area contributed by atoms with E-state index < -0.39 is 6.10 Å². The molecule has 2 aromatic rings. The Balaban J connectivity index is 0.00000220. The molecule has 2 aromatic carbocycles. The minimum absolute atomic E-state index is 0. The number of aliphatic hydroxyl groups is 1. The molecule has 2 fully saturated rings. The van der Waals surface area contributed by atoms with E-state index in [1.807, 2.05) is 36.4 Å². The van der Waals surface area contributed by atoms with Crippen LogP contribution in [0.25, 0.3) is 10.8 Å². The maximum atomic E-state index is 13.1. The highest BCUT2D eigenvalue weighted by Gasteiger charge is 2.33. The van der Waals surface area contributed by atoms with Crippen LogP contribution in [0.1, 0.15) is 67.2 Å². The molecule has 40 heavy (non-hydrogen) atoms. The Kier molecular flexibility index (Phi) is 11.4. The topological polar surface area (TPSA) is 73.3 Å². The molecule has 3 aliphatic rings. The monoisotopic (exact) mass is 591 g/mol. The minimum Gasteiger partial charge on any atom is -1.00 e. The fourth-order valence-electron chi connectivity index (χ4n) is 6.41. The molecule has 222 valence electrons. The lowest BCUT2D eigenvalue weighted by Crippen LogP contribution is -3.00. The van der Waals surface area contributed by atoms with Gasteiger partial charge in [-0.1, -0.05) is 45.0 Å². The number of hydrogen-bond donors (Lipinski definition) is 1. The SMILES string of the molecule is CC(C)(C)C1CCC(OCC(O)CN2CCN(CCN3C(=O)c4cccc5cccc(c45)C3=O)CC2)CC1.[Cl-].[Cl-]. The van der Waals surface area contributed by atoms with Gasteiger partial charge in [0.15, 0.2) is 0 Å². The third-order valence-corrected chi connectivity index (χ3v) is 8.85. The van der Waals surface area contributed by atoms with E-state index >= 15 is 0 Å². The van der Waals surface area contributed by atoms with Crippen LogP contribution >= 0.6 is 0 Å². The number of benzene rings is 2. The number of rotatable bonds is 8. The first kappa shape index (κ1) is 32.8. The molecule has 5 rings (SSSR count). The van der Waals surface area contributed by atoms with Crippen LogP contribution in [0.15, 0.2) is 36.4 Å². The predicted octanol–water partition coefficient (Wildman–Crippen LogP) is -1.96. The fraction of sp³-hybridized carbons (Fsp3) is 0.613. The molecule has 2 amide bonds. The number of carbonyl (C=O) groups excluding carboxylic acids is 2. The molecule has 2 heterocycles. The van der Waals surface area contributed by atoms with Gasteiger partial charge in [-0.05, 0) is 54.5 Å². The molecular weight excluding hydrogens is 549 g/mol. The number of amides is 2. The van der Waals surface area contributed by atoms with Crippen LogP contribution in [-0.4, -0.2) is 96.2 Å². The number of halogens is 2. The zero-order valence-electron chi connectivity index (χ0n) is 24.0. The highest BCUT2D eigenvalue weighted by molar-refractivity contribution is 6.25. The number of aliphatic hydroxyl groups excluding tert-OH is 1. The zero-order valence-corrected chi connectivity index (χ0v) is 25.5. The van der Waals surface area contributed by atoms with Crippen LogP contribution in [0.2, 0.25) is 0 Å². The summed E-state index contributed by atoms with van der Waals surface area (Å²) < 4.78 is 6.08. The van der Waals surface area contributed by atoms with Crippen LogP contribution in [0.3, 0.4) is 0 Å². The second-order valence-electron chi connectivity index (χ2n) is 12.4. The lowest BCUT2D eigenvalue weighted by atomic mass is 9.72. The summed E-state index contributed by atoms with van der Waals surface area (Å²) in [4.78, 5) is 32.3. The molecule has 2 aliphatic heterocycles. The Labute approximate surface area is 251 Å². The molecule has 0 bridgehead atoms. The van der Waals surface area contributed by atoms with Crippen molar-refractivity contribution in [1.29, 1.82) is 0 Å². The summed E-state index contributed by atoms with van der Waals surface area (Å²) in [6.07, 6.45) is 4.41. The van der Waals surface area contributed by atoms with Gasteiger partial charge in [-0.2, -0.15) is 0 Å². The average molecular weight is 593 g/mol. The van der Waals surface area contributed by atoms with Crippen molar-refractivity contribution in [2.75, 3.05) is 52.4 Å². The van der Waals surface area contributed by atoms with Gasteiger partial charge in [0.1, 0.15) is 0 Å². The van der Waals surface area contributed by atoms with Crippen molar-refractivity contribution in [3.05, 3.63) is 47.5 Å². The molecule has 0 radical (unpaired) electrons. The first-order valence-electron chi connectivity index (χ1n) is 14.3. The van der Waals surface area contributed by atoms with Gasteiger partial charge < -0.3 is 34.7 Å². The third kappa shape index (κ3) is 7.36. The molecule has 7 nitrogen and oxygen atoms in total. The van der Waals surface area contributed by atoms with E-state index in [1.165, 1.54) is 17.7 Å². The molecule has 1 saturated carbocycles. The minimum atomic E-state index is -0.478. The second kappa shape index (κ2) is 14.0. The van der Waals surface area contributed by atoms with Crippen molar-refractivity contribution in [2.24, 2.45) is 11.3 Å². The quantitative estimate of drug-likeness (QED) is 0.360. The first-order valence-corrected chi connectivity index (χ1v) is 14.3. The van der Waals surface area contributed by atoms with E-state index in [2.05, 4.69) is 30.6 Å². The Bertz CT molecular complexity index is 1100. The maximum absolute atomic E-state index is 13.1.